The molecule has 38 heavy (non-hydrogen) atoms. The van der Waals surface area contributed by atoms with Gasteiger partial charge in [-0.05, 0) is 41.5 Å². The summed E-state index contributed by atoms with van der Waals surface area (Å²) >= 11 is 0. The smallest absolute Gasteiger partial charge is 0.383 e. The van der Waals surface area contributed by atoms with Crippen LogP contribution < -0.4 is 16.8 Å². The lowest BCUT2D eigenvalue weighted by Gasteiger charge is -2.15. The number of benzene rings is 1. The predicted octanol–water partition coefficient (Wildman–Crippen LogP) is 4.53. The highest BCUT2D eigenvalue weighted by atomic mass is 19.4. The molecule has 0 atom stereocenters. The minimum absolute atomic E-state index is 0.109. The van der Waals surface area contributed by atoms with Crippen LogP contribution in [0.4, 0.5) is 33.5 Å². The summed E-state index contributed by atoms with van der Waals surface area (Å²) in [6.07, 6.45) is -1.28. The van der Waals surface area contributed by atoms with Crippen molar-refractivity contribution in [1.29, 1.82) is 0 Å². The third kappa shape index (κ3) is 5.47. The van der Waals surface area contributed by atoms with Crippen LogP contribution in [0, 0.1) is 23.5 Å². The average Bonchev–Trinajstić information content (AvgIpc) is 3.32. The highest BCUT2D eigenvalue weighted by molar-refractivity contribution is 5.76. The molecule has 0 amide bonds. The van der Waals surface area contributed by atoms with Gasteiger partial charge in [-0.15, -0.1) is 0 Å². The first-order valence-electron chi connectivity index (χ1n) is 11.0. The van der Waals surface area contributed by atoms with Crippen molar-refractivity contribution in [2.24, 2.45) is 5.73 Å². The Hall–Kier alpha value is -4.76. The number of nitrogens with one attached hydrogen (secondary N) is 1. The van der Waals surface area contributed by atoms with Gasteiger partial charge in [-0.3, -0.25) is 0 Å². The van der Waals surface area contributed by atoms with E-state index in [9.17, 15) is 22.0 Å². The number of nitrogens with two attached hydrogens (primary N) is 2. The van der Waals surface area contributed by atoms with E-state index in [0.717, 1.165) is 24.5 Å². The SMILES string of the molecule is C=C(Nc1ccc(Cc2ccnc(N)c2C#CCN)c(F)c1)c1cnn(-c2ncccc2F)c1C(F)(F)F. The highest BCUT2D eigenvalue weighted by Gasteiger charge is 2.40. The van der Waals surface area contributed by atoms with Gasteiger partial charge in [-0.2, -0.15) is 18.3 Å². The molecule has 0 bridgehead atoms. The van der Waals surface area contributed by atoms with Crippen LogP contribution in [0.2, 0.25) is 0 Å². The lowest BCUT2D eigenvalue weighted by Crippen LogP contribution is -2.17. The van der Waals surface area contributed by atoms with Gasteiger partial charge < -0.3 is 16.8 Å². The van der Waals surface area contributed by atoms with Crippen LogP contribution >= 0.6 is 0 Å². The van der Waals surface area contributed by atoms with Gasteiger partial charge in [0.25, 0.3) is 0 Å². The van der Waals surface area contributed by atoms with Gasteiger partial charge in [0.05, 0.1) is 18.3 Å². The highest BCUT2D eigenvalue weighted by Crippen LogP contribution is 2.36. The Labute approximate surface area is 214 Å². The molecule has 194 valence electrons. The van der Waals surface area contributed by atoms with Crippen LogP contribution in [-0.4, -0.2) is 26.3 Å². The lowest BCUT2D eigenvalue weighted by molar-refractivity contribution is -0.143. The number of nitrogen functional groups attached to an aromatic ring is 1. The number of aromatic nitrogens is 4. The van der Waals surface area contributed by atoms with Gasteiger partial charge >= 0.3 is 6.18 Å². The molecule has 1 aromatic carbocycles. The van der Waals surface area contributed by atoms with E-state index in [1.807, 2.05) is 0 Å². The standard InChI is InChI=1S/C26H20F5N7/c1-15(20-14-36-38(23(20)26(29,30)31)25-21(27)5-3-10-35-25)37-18-7-6-17(22(28)13-18)12-16-8-11-34-24(33)19(16)4-2-9-32/h3,5-8,10-11,13-14,37H,1,9,12,32H2,(H2,33,34). The summed E-state index contributed by atoms with van der Waals surface area (Å²) in [5.41, 5.74) is 10.9. The Kier molecular flexibility index (Phi) is 7.40. The molecule has 12 heteroatoms. The van der Waals surface area contributed by atoms with E-state index in [-0.39, 0.29) is 35.7 Å². The van der Waals surface area contributed by atoms with Crippen LogP contribution in [0.5, 0.6) is 0 Å². The number of nitrogens with zero attached hydrogens (tertiary/aromatic N) is 4. The second-order valence-corrected chi connectivity index (χ2v) is 7.95. The molecule has 0 radical (unpaired) electrons. The number of hydrogen-bond acceptors (Lipinski definition) is 6. The van der Waals surface area contributed by atoms with Crippen molar-refractivity contribution in [3.8, 4) is 17.7 Å². The van der Waals surface area contributed by atoms with E-state index >= 15 is 0 Å². The first kappa shape index (κ1) is 26.3. The summed E-state index contributed by atoms with van der Waals surface area (Å²) in [5, 5.41) is 6.34. The zero-order chi connectivity index (χ0) is 27.4. The second-order valence-electron chi connectivity index (χ2n) is 7.95. The first-order chi connectivity index (χ1) is 18.1. The number of anilines is 2. The number of rotatable bonds is 6. The van der Waals surface area contributed by atoms with Gasteiger partial charge in [0.15, 0.2) is 17.3 Å². The Bertz CT molecular complexity index is 1560. The molecule has 0 aliphatic heterocycles. The molecule has 0 unspecified atom stereocenters. The molecule has 0 saturated heterocycles. The molecule has 0 fully saturated rings. The third-order valence-electron chi connectivity index (χ3n) is 5.41. The summed E-state index contributed by atoms with van der Waals surface area (Å²) < 4.78 is 71.4. The van der Waals surface area contributed by atoms with E-state index in [1.165, 1.54) is 24.4 Å². The molecule has 0 aliphatic carbocycles. The summed E-state index contributed by atoms with van der Waals surface area (Å²) in [5.74, 6) is 3.48. The summed E-state index contributed by atoms with van der Waals surface area (Å²) in [4.78, 5) is 7.65. The minimum Gasteiger partial charge on any atom is -0.383 e. The maximum atomic E-state index is 15.0. The predicted molar refractivity (Wildman–Crippen MR) is 133 cm³/mol. The van der Waals surface area contributed by atoms with E-state index < -0.39 is 34.9 Å². The van der Waals surface area contributed by atoms with Crippen LogP contribution in [0.1, 0.15) is 27.9 Å². The van der Waals surface area contributed by atoms with Crippen molar-refractivity contribution >= 4 is 17.2 Å². The maximum Gasteiger partial charge on any atom is 0.434 e. The largest absolute Gasteiger partial charge is 0.434 e. The van der Waals surface area contributed by atoms with Crippen LogP contribution in [0.3, 0.4) is 0 Å². The molecule has 0 aliphatic rings. The first-order valence-corrected chi connectivity index (χ1v) is 11.0. The topological polar surface area (TPSA) is 108 Å². The van der Waals surface area contributed by atoms with Gasteiger partial charge in [0.2, 0.25) is 0 Å². The van der Waals surface area contributed by atoms with Gasteiger partial charge in [-0.25, -0.2) is 23.4 Å². The van der Waals surface area contributed by atoms with Gasteiger partial charge in [-0.1, -0.05) is 24.5 Å². The molecule has 3 aromatic heterocycles. The maximum absolute atomic E-state index is 15.0. The monoisotopic (exact) mass is 525 g/mol. The fourth-order valence-electron chi connectivity index (χ4n) is 3.70. The molecule has 3 heterocycles. The molecule has 7 nitrogen and oxygen atoms in total. The fraction of sp³-hybridized carbons (Fsp3) is 0.115. The molecule has 0 saturated carbocycles. The normalized spacial score (nSPS) is 11.1. The summed E-state index contributed by atoms with van der Waals surface area (Å²) in [6, 6.07) is 7.94. The Morgan fingerprint density at radius 3 is 2.53 bits per heavy atom. The van der Waals surface area contributed by atoms with Crippen molar-refractivity contribution in [2.45, 2.75) is 12.6 Å². The fourth-order valence-corrected chi connectivity index (χ4v) is 3.70. The zero-order valence-corrected chi connectivity index (χ0v) is 19.7. The Balaban J connectivity index is 1.61. The van der Waals surface area contributed by atoms with Crippen molar-refractivity contribution in [3.63, 3.8) is 0 Å². The van der Waals surface area contributed by atoms with Crippen LogP contribution in [-0.2, 0) is 12.6 Å². The van der Waals surface area contributed by atoms with Crippen molar-refractivity contribution < 1.29 is 22.0 Å². The van der Waals surface area contributed by atoms with E-state index in [4.69, 9.17) is 11.5 Å². The lowest BCUT2D eigenvalue weighted by atomic mass is 10.00. The quantitative estimate of drug-likeness (QED) is 0.252. The zero-order valence-electron chi connectivity index (χ0n) is 19.7. The summed E-state index contributed by atoms with van der Waals surface area (Å²) in [7, 11) is 0. The summed E-state index contributed by atoms with van der Waals surface area (Å²) in [6.45, 7) is 3.76. The molecule has 0 spiro atoms. The van der Waals surface area contributed by atoms with Crippen molar-refractivity contribution in [1.82, 2.24) is 19.7 Å². The van der Waals surface area contributed by atoms with Crippen LogP contribution in [0.25, 0.3) is 11.5 Å². The van der Waals surface area contributed by atoms with E-state index in [0.29, 0.717) is 15.8 Å². The third-order valence-corrected chi connectivity index (χ3v) is 5.41. The van der Waals surface area contributed by atoms with Crippen LogP contribution in [0.15, 0.2) is 61.6 Å². The second kappa shape index (κ2) is 10.7. The molecule has 4 rings (SSSR count). The number of pyridine rings is 2. The Morgan fingerprint density at radius 1 is 1.05 bits per heavy atom. The number of halogens is 5. The van der Waals surface area contributed by atoms with Gasteiger partial charge in [0, 0.05) is 35.8 Å². The molecular weight excluding hydrogens is 505 g/mol. The van der Waals surface area contributed by atoms with Crippen molar-refractivity contribution in [2.75, 3.05) is 17.6 Å². The Morgan fingerprint density at radius 2 is 1.84 bits per heavy atom. The number of alkyl halides is 3. The average molecular weight is 525 g/mol. The van der Waals surface area contributed by atoms with E-state index in [2.05, 4.69) is 38.8 Å². The molecule has 4 aromatic rings. The van der Waals surface area contributed by atoms with E-state index in [1.54, 1.807) is 6.07 Å². The minimum atomic E-state index is -4.92. The molecule has 5 N–H and O–H groups in total. The molecular formula is C26H20F5N7. The van der Waals surface area contributed by atoms with Gasteiger partial charge in [0.1, 0.15) is 11.6 Å². The number of hydrogen-bond donors (Lipinski definition) is 3. The van der Waals surface area contributed by atoms with Crippen molar-refractivity contribution in [3.05, 3.63) is 101 Å².